The fourth-order valence-electron chi connectivity index (χ4n) is 2.15. The molecule has 2 aromatic carbocycles. The summed E-state index contributed by atoms with van der Waals surface area (Å²) in [7, 11) is 0. The molecule has 0 fully saturated rings. The van der Waals surface area contributed by atoms with Crippen LogP contribution in [-0.2, 0) is 0 Å². The van der Waals surface area contributed by atoms with E-state index in [1.165, 1.54) is 6.07 Å². The molecule has 1 nitrogen and oxygen atoms in total. The van der Waals surface area contributed by atoms with Crippen LogP contribution in [0.4, 0.5) is 4.39 Å². The van der Waals surface area contributed by atoms with E-state index in [0.717, 1.165) is 28.3 Å². The van der Waals surface area contributed by atoms with E-state index in [9.17, 15) is 4.39 Å². The van der Waals surface area contributed by atoms with Gasteiger partial charge < -0.3 is 0 Å². The topological polar surface area (TPSA) is 12.4 Å². The largest absolute Gasteiger partial charge is 0.252 e. The normalized spacial score (nSPS) is 14.1. The van der Waals surface area contributed by atoms with Crippen molar-refractivity contribution in [3.63, 3.8) is 0 Å². The molecular formula is C17H14FNS. The van der Waals surface area contributed by atoms with Crippen molar-refractivity contribution >= 4 is 17.5 Å². The zero-order valence-corrected chi connectivity index (χ0v) is 12.0. The van der Waals surface area contributed by atoms with Crippen LogP contribution >= 0.6 is 11.8 Å². The first kappa shape index (κ1) is 13.1. The Morgan fingerprint density at radius 3 is 2.45 bits per heavy atom. The lowest BCUT2D eigenvalue weighted by Crippen LogP contribution is -2.07. The van der Waals surface area contributed by atoms with Crippen LogP contribution < -0.4 is 0 Å². The second kappa shape index (κ2) is 5.63. The Labute approximate surface area is 122 Å². The number of hydrogen-bond acceptors (Lipinski definition) is 2. The summed E-state index contributed by atoms with van der Waals surface area (Å²) >= 11 is 1.65. The van der Waals surface area contributed by atoms with Gasteiger partial charge in [0.15, 0.2) is 0 Å². The SMILES string of the molecule is CCC1=CSc2ccccc2C(c2ccccc2F)=N1. The highest BCUT2D eigenvalue weighted by molar-refractivity contribution is 8.02. The van der Waals surface area contributed by atoms with Crippen LogP contribution in [0.3, 0.4) is 0 Å². The van der Waals surface area contributed by atoms with Gasteiger partial charge in [0.2, 0.25) is 0 Å². The number of hydrogen-bond donors (Lipinski definition) is 0. The highest BCUT2D eigenvalue weighted by atomic mass is 32.2. The Kier molecular flexibility index (Phi) is 3.70. The Hall–Kier alpha value is -1.87. The van der Waals surface area contributed by atoms with Gasteiger partial charge >= 0.3 is 0 Å². The molecule has 0 atom stereocenters. The molecule has 1 heterocycles. The maximum Gasteiger partial charge on any atom is 0.132 e. The molecule has 3 heteroatoms. The third-order valence-electron chi connectivity index (χ3n) is 3.21. The van der Waals surface area contributed by atoms with Crippen LogP contribution in [0.1, 0.15) is 24.5 Å². The minimum Gasteiger partial charge on any atom is -0.252 e. The van der Waals surface area contributed by atoms with Crippen LogP contribution in [0, 0.1) is 5.82 Å². The van der Waals surface area contributed by atoms with E-state index in [0.29, 0.717) is 5.56 Å². The molecule has 0 amide bonds. The average Bonchev–Trinajstić information content (AvgIpc) is 2.67. The molecule has 0 spiro atoms. The number of rotatable bonds is 2. The molecule has 0 saturated carbocycles. The van der Waals surface area contributed by atoms with Crippen molar-refractivity contribution < 1.29 is 4.39 Å². The average molecular weight is 283 g/mol. The van der Waals surface area contributed by atoms with Crippen LogP contribution in [0.5, 0.6) is 0 Å². The van der Waals surface area contributed by atoms with Crippen molar-refractivity contribution in [1.29, 1.82) is 0 Å². The molecule has 1 aliphatic rings. The summed E-state index contributed by atoms with van der Waals surface area (Å²) in [5.74, 6) is -0.233. The molecule has 0 unspecified atom stereocenters. The van der Waals surface area contributed by atoms with Crippen molar-refractivity contribution in [3.05, 3.63) is 76.6 Å². The van der Waals surface area contributed by atoms with Crippen LogP contribution in [0.25, 0.3) is 0 Å². The molecule has 0 saturated heterocycles. The lowest BCUT2D eigenvalue weighted by Gasteiger charge is -2.10. The second-order valence-corrected chi connectivity index (χ2v) is 5.43. The number of nitrogens with zero attached hydrogens (tertiary/aromatic N) is 1. The van der Waals surface area contributed by atoms with Gasteiger partial charge in [0.25, 0.3) is 0 Å². The molecular weight excluding hydrogens is 269 g/mol. The van der Waals surface area contributed by atoms with Gasteiger partial charge in [-0.25, -0.2) is 4.39 Å². The van der Waals surface area contributed by atoms with Crippen molar-refractivity contribution in [2.24, 2.45) is 4.99 Å². The van der Waals surface area contributed by atoms with Crippen molar-refractivity contribution in [2.45, 2.75) is 18.2 Å². The number of benzene rings is 2. The molecule has 100 valence electrons. The van der Waals surface area contributed by atoms with Gasteiger partial charge in [-0.1, -0.05) is 49.0 Å². The summed E-state index contributed by atoms with van der Waals surface area (Å²) in [6.07, 6.45) is 0.832. The summed E-state index contributed by atoms with van der Waals surface area (Å²) in [6, 6.07) is 14.8. The first-order valence-electron chi connectivity index (χ1n) is 6.58. The zero-order chi connectivity index (χ0) is 13.9. The third-order valence-corrected chi connectivity index (χ3v) is 4.21. The summed E-state index contributed by atoms with van der Waals surface area (Å²) in [4.78, 5) is 5.79. The molecule has 20 heavy (non-hydrogen) atoms. The highest BCUT2D eigenvalue weighted by Gasteiger charge is 2.17. The fourth-order valence-corrected chi connectivity index (χ4v) is 3.08. The first-order valence-corrected chi connectivity index (χ1v) is 7.46. The molecule has 0 bridgehead atoms. The van der Waals surface area contributed by atoms with E-state index in [1.54, 1.807) is 23.9 Å². The van der Waals surface area contributed by atoms with Gasteiger partial charge in [-0.15, -0.1) is 0 Å². The second-order valence-electron chi connectivity index (χ2n) is 4.52. The van der Waals surface area contributed by atoms with Crippen molar-refractivity contribution in [2.75, 3.05) is 0 Å². The minimum absolute atomic E-state index is 0.233. The third kappa shape index (κ3) is 2.41. The standard InChI is InChI=1S/C17H14FNS/c1-2-12-11-20-16-10-6-4-8-14(16)17(19-12)13-7-3-5-9-15(13)18/h3-11H,2H2,1H3. The number of halogens is 1. The van der Waals surface area contributed by atoms with E-state index in [-0.39, 0.29) is 5.82 Å². The van der Waals surface area contributed by atoms with Gasteiger partial charge in [0.1, 0.15) is 5.82 Å². The molecule has 0 radical (unpaired) electrons. The molecule has 1 aliphatic heterocycles. The monoisotopic (exact) mass is 283 g/mol. The Morgan fingerprint density at radius 2 is 1.70 bits per heavy atom. The van der Waals surface area contributed by atoms with E-state index in [2.05, 4.69) is 11.9 Å². The van der Waals surface area contributed by atoms with Crippen LogP contribution in [-0.4, -0.2) is 5.71 Å². The number of thioether (sulfide) groups is 1. The molecule has 3 rings (SSSR count). The number of fused-ring (bicyclic) bond motifs is 1. The van der Waals surface area contributed by atoms with Crippen LogP contribution in [0.15, 0.2) is 69.5 Å². The summed E-state index contributed by atoms with van der Waals surface area (Å²) in [5.41, 5.74) is 3.24. The van der Waals surface area contributed by atoms with Crippen LogP contribution in [0.2, 0.25) is 0 Å². The van der Waals surface area contributed by atoms with Gasteiger partial charge in [0, 0.05) is 21.7 Å². The highest BCUT2D eigenvalue weighted by Crippen LogP contribution is 2.32. The van der Waals surface area contributed by atoms with Gasteiger partial charge in [-0.05, 0) is 30.0 Å². The number of aliphatic imine (C=N–C) groups is 1. The van der Waals surface area contributed by atoms with E-state index in [4.69, 9.17) is 0 Å². The maximum atomic E-state index is 14.1. The van der Waals surface area contributed by atoms with E-state index >= 15 is 0 Å². The predicted molar refractivity (Wildman–Crippen MR) is 82.7 cm³/mol. The number of allylic oxidation sites excluding steroid dienone is 1. The maximum absolute atomic E-state index is 14.1. The predicted octanol–water partition coefficient (Wildman–Crippen LogP) is 5.02. The zero-order valence-electron chi connectivity index (χ0n) is 11.1. The Bertz CT molecular complexity index is 704. The Balaban J connectivity index is 2.23. The first-order chi connectivity index (χ1) is 9.79. The molecule has 2 aromatic rings. The van der Waals surface area contributed by atoms with Gasteiger partial charge in [0.05, 0.1) is 5.71 Å². The van der Waals surface area contributed by atoms with Gasteiger partial charge in [-0.3, -0.25) is 4.99 Å². The molecule has 0 aromatic heterocycles. The molecule has 0 N–H and O–H groups in total. The fraction of sp³-hybridized carbons (Fsp3) is 0.118. The summed E-state index contributed by atoms with van der Waals surface area (Å²) in [5, 5.41) is 2.05. The lowest BCUT2D eigenvalue weighted by atomic mass is 10.0. The quantitative estimate of drug-likeness (QED) is 0.753. The Morgan fingerprint density at radius 1 is 1.00 bits per heavy atom. The van der Waals surface area contributed by atoms with E-state index in [1.807, 2.05) is 35.7 Å². The minimum atomic E-state index is -0.233. The summed E-state index contributed by atoms with van der Waals surface area (Å²) < 4.78 is 14.1. The van der Waals surface area contributed by atoms with Crippen molar-refractivity contribution in [3.8, 4) is 0 Å². The van der Waals surface area contributed by atoms with E-state index < -0.39 is 0 Å². The summed E-state index contributed by atoms with van der Waals surface area (Å²) in [6.45, 7) is 2.06. The lowest BCUT2D eigenvalue weighted by molar-refractivity contribution is 0.625. The smallest absolute Gasteiger partial charge is 0.132 e. The molecule has 0 aliphatic carbocycles. The van der Waals surface area contributed by atoms with Crippen molar-refractivity contribution in [1.82, 2.24) is 0 Å². The van der Waals surface area contributed by atoms with Gasteiger partial charge in [-0.2, -0.15) is 0 Å².